The molecule has 206 valence electrons. The summed E-state index contributed by atoms with van der Waals surface area (Å²) < 4.78 is 21.8. The molecule has 0 saturated heterocycles. The number of anilines is 1. The van der Waals surface area contributed by atoms with Gasteiger partial charge in [-0.2, -0.15) is 5.26 Å². The molecule has 0 atom stereocenters. The van der Waals surface area contributed by atoms with Gasteiger partial charge >= 0.3 is 5.97 Å². The lowest BCUT2D eigenvalue weighted by Crippen LogP contribution is -2.21. The average molecular weight is 549 g/mol. The fourth-order valence-electron chi connectivity index (χ4n) is 4.12. The fraction of sp³-hybridized carbons (Fsp3) is 0.121. The van der Waals surface area contributed by atoms with Crippen LogP contribution in [0.15, 0.2) is 91.0 Å². The Morgan fingerprint density at radius 3 is 1.98 bits per heavy atom. The third-order valence-corrected chi connectivity index (χ3v) is 6.15. The molecule has 0 aliphatic heterocycles. The van der Waals surface area contributed by atoms with Crippen molar-refractivity contribution in [2.24, 2.45) is 0 Å². The Balaban J connectivity index is 1.63. The highest BCUT2D eigenvalue weighted by Gasteiger charge is 2.18. The van der Waals surface area contributed by atoms with Crippen molar-refractivity contribution >= 4 is 29.2 Å². The molecule has 4 rings (SSSR count). The molecule has 8 heteroatoms. The van der Waals surface area contributed by atoms with E-state index in [1.54, 1.807) is 42.5 Å². The lowest BCUT2D eigenvalue weighted by Gasteiger charge is -2.14. The van der Waals surface area contributed by atoms with Crippen LogP contribution >= 0.6 is 0 Å². The van der Waals surface area contributed by atoms with Crippen molar-refractivity contribution in [3.05, 3.63) is 108 Å². The topological polar surface area (TPSA) is 107 Å². The Hall–Kier alpha value is -5.55. The van der Waals surface area contributed by atoms with Gasteiger partial charge in [0.2, 0.25) is 5.75 Å². The third kappa shape index (κ3) is 7.11. The van der Waals surface area contributed by atoms with Gasteiger partial charge in [0.05, 0.1) is 38.5 Å². The summed E-state index contributed by atoms with van der Waals surface area (Å²) in [4.78, 5) is 25.9. The van der Waals surface area contributed by atoms with Crippen LogP contribution in [0.2, 0.25) is 0 Å². The number of carbonyl (C=O) groups excluding carboxylic acids is 2. The highest BCUT2D eigenvalue weighted by atomic mass is 16.5. The van der Waals surface area contributed by atoms with Crippen LogP contribution in [0.25, 0.3) is 22.8 Å². The highest BCUT2D eigenvalue weighted by molar-refractivity contribution is 6.22. The lowest BCUT2D eigenvalue weighted by atomic mass is 9.98. The number of benzene rings is 4. The summed E-state index contributed by atoms with van der Waals surface area (Å²) in [6.45, 7) is -0.506. The van der Waals surface area contributed by atoms with Crippen molar-refractivity contribution in [3.8, 4) is 34.4 Å². The molecule has 4 aromatic carbocycles. The molecule has 4 aromatic rings. The molecule has 0 aromatic heterocycles. The average Bonchev–Trinajstić information content (AvgIpc) is 3.02. The van der Waals surface area contributed by atoms with Gasteiger partial charge in [0.25, 0.3) is 5.91 Å². The van der Waals surface area contributed by atoms with Gasteiger partial charge in [-0.1, -0.05) is 54.6 Å². The molecule has 0 fully saturated rings. The standard InChI is InChI=1S/C33H28N2O6/c1-38-29-18-23(19-30(39-2)32(29)40-3)17-28(26-13-11-25(12-14-26)24-7-5-4-6-8-24)33(37)41-21-31(36)35-27-15-9-22(20-34)10-16-27/h4-19H,21H2,1-3H3,(H,35,36)/b28-17+. The summed E-state index contributed by atoms with van der Waals surface area (Å²) in [6.07, 6.45) is 1.64. The molecule has 8 nitrogen and oxygen atoms in total. The summed E-state index contributed by atoms with van der Waals surface area (Å²) in [5.41, 5.74) is 4.39. The second-order valence-corrected chi connectivity index (χ2v) is 8.77. The van der Waals surface area contributed by atoms with E-state index in [2.05, 4.69) is 5.32 Å². The fourth-order valence-corrected chi connectivity index (χ4v) is 4.12. The van der Waals surface area contributed by atoms with Crippen LogP contribution in [0.3, 0.4) is 0 Å². The number of methoxy groups -OCH3 is 3. The van der Waals surface area contributed by atoms with Crippen LogP contribution in [0.1, 0.15) is 16.7 Å². The minimum Gasteiger partial charge on any atom is -0.493 e. The summed E-state index contributed by atoms with van der Waals surface area (Å²) >= 11 is 0. The predicted octanol–water partition coefficient (Wildman–Crippen LogP) is 5.97. The first-order chi connectivity index (χ1) is 19.9. The Morgan fingerprint density at radius 2 is 1.41 bits per heavy atom. The molecule has 0 radical (unpaired) electrons. The van der Waals surface area contributed by atoms with Crippen molar-refractivity contribution in [1.82, 2.24) is 0 Å². The monoisotopic (exact) mass is 548 g/mol. The summed E-state index contributed by atoms with van der Waals surface area (Å²) in [5, 5.41) is 11.6. The third-order valence-electron chi connectivity index (χ3n) is 6.15. The van der Waals surface area contributed by atoms with Crippen LogP contribution in [-0.2, 0) is 14.3 Å². The van der Waals surface area contributed by atoms with Crippen molar-refractivity contribution in [2.75, 3.05) is 33.3 Å². The number of hydrogen-bond donors (Lipinski definition) is 1. The zero-order chi connectivity index (χ0) is 29.2. The van der Waals surface area contributed by atoms with Crippen molar-refractivity contribution in [2.45, 2.75) is 0 Å². The second-order valence-electron chi connectivity index (χ2n) is 8.77. The molecule has 0 spiro atoms. The van der Waals surface area contributed by atoms with Gasteiger partial charge in [-0.3, -0.25) is 4.79 Å². The van der Waals surface area contributed by atoms with E-state index in [1.165, 1.54) is 21.3 Å². The normalized spacial score (nSPS) is 10.7. The molecule has 0 bridgehead atoms. The molecule has 1 amide bonds. The molecule has 0 aliphatic rings. The van der Waals surface area contributed by atoms with Gasteiger partial charge in [0, 0.05) is 5.69 Å². The van der Waals surface area contributed by atoms with Crippen LogP contribution < -0.4 is 19.5 Å². The molecular weight excluding hydrogens is 520 g/mol. The van der Waals surface area contributed by atoms with Gasteiger partial charge in [0.15, 0.2) is 18.1 Å². The van der Waals surface area contributed by atoms with E-state index in [0.29, 0.717) is 39.6 Å². The largest absolute Gasteiger partial charge is 0.493 e. The van der Waals surface area contributed by atoms with E-state index in [1.807, 2.05) is 60.7 Å². The van der Waals surface area contributed by atoms with E-state index in [4.69, 9.17) is 24.2 Å². The Kier molecular flexibility index (Phi) is 9.36. The number of nitrogens with one attached hydrogen (secondary N) is 1. The maximum atomic E-state index is 13.4. The van der Waals surface area contributed by atoms with E-state index < -0.39 is 18.5 Å². The predicted molar refractivity (Wildman–Crippen MR) is 157 cm³/mol. The van der Waals surface area contributed by atoms with E-state index >= 15 is 0 Å². The highest BCUT2D eigenvalue weighted by Crippen LogP contribution is 2.39. The number of esters is 1. The Morgan fingerprint density at radius 1 is 0.805 bits per heavy atom. The smallest absolute Gasteiger partial charge is 0.339 e. The van der Waals surface area contributed by atoms with Crippen LogP contribution in [-0.4, -0.2) is 39.8 Å². The molecule has 41 heavy (non-hydrogen) atoms. The quantitative estimate of drug-likeness (QED) is 0.148. The van der Waals surface area contributed by atoms with Gasteiger partial charge in [0.1, 0.15) is 0 Å². The maximum absolute atomic E-state index is 13.4. The SMILES string of the molecule is COc1cc(/C=C(/C(=O)OCC(=O)Nc2ccc(C#N)cc2)c2ccc(-c3ccccc3)cc2)cc(OC)c1OC. The summed E-state index contributed by atoms with van der Waals surface area (Å²) in [5.74, 6) is 0.0536. The van der Waals surface area contributed by atoms with Crippen LogP contribution in [0.5, 0.6) is 17.2 Å². The molecule has 0 unspecified atom stereocenters. The van der Waals surface area contributed by atoms with Crippen molar-refractivity contribution < 1.29 is 28.5 Å². The first-order valence-electron chi connectivity index (χ1n) is 12.6. The molecular formula is C33H28N2O6. The van der Waals surface area contributed by atoms with Crippen LogP contribution in [0.4, 0.5) is 5.69 Å². The van der Waals surface area contributed by atoms with Crippen LogP contribution in [0, 0.1) is 11.3 Å². The minimum absolute atomic E-state index is 0.227. The molecule has 0 aliphatic carbocycles. The number of nitriles is 1. The first-order valence-corrected chi connectivity index (χ1v) is 12.6. The van der Waals surface area contributed by atoms with Gasteiger partial charge < -0.3 is 24.3 Å². The zero-order valence-electron chi connectivity index (χ0n) is 22.8. The maximum Gasteiger partial charge on any atom is 0.339 e. The summed E-state index contributed by atoms with van der Waals surface area (Å²) in [6, 6.07) is 29.2. The molecule has 0 heterocycles. The van der Waals surface area contributed by atoms with E-state index in [-0.39, 0.29) is 5.57 Å². The van der Waals surface area contributed by atoms with Gasteiger partial charge in [-0.15, -0.1) is 0 Å². The second kappa shape index (κ2) is 13.5. The van der Waals surface area contributed by atoms with Gasteiger partial charge in [-0.25, -0.2) is 4.79 Å². The Bertz CT molecular complexity index is 1560. The van der Waals surface area contributed by atoms with Gasteiger partial charge in [-0.05, 0) is 64.7 Å². The number of ether oxygens (including phenoxy) is 4. The van der Waals surface area contributed by atoms with Crippen molar-refractivity contribution in [1.29, 1.82) is 5.26 Å². The molecule has 0 saturated carbocycles. The molecule has 1 N–H and O–H groups in total. The lowest BCUT2D eigenvalue weighted by molar-refractivity contribution is -0.141. The summed E-state index contributed by atoms with van der Waals surface area (Å²) in [7, 11) is 4.53. The first kappa shape index (κ1) is 28.5. The minimum atomic E-state index is -0.693. The number of carbonyl (C=O) groups is 2. The van der Waals surface area contributed by atoms with E-state index in [0.717, 1.165) is 11.1 Å². The van der Waals surface area contributed by atoms with Crippen molar-refractivity contribution in [3.63, 3.8) is 0 Å². The Labute approximate surface area is 238 Å². The number of rotatable bonds is 10. The van der Waals surface area contributed by atoms with E-state index in [9.17, 15) is 9.59 Å². The number of hydrogen-bond acceptors (Lipinski definition) is 7. The number of nitrogens with zero attached hydrogens (tertiary/aromatic N) is 1. The zero-order valence-corrected chi connectivity index (χ0v) is 22.8. The number of amides is 1.